The molecular formula is C19H19N3O3S. The Morgan fingerprint density at radius 1 is 1.23 bits per heavy atom. The number of hydrogen-bond donors (Lipinski definition) is 1. The van der Waals surface area contributed by atoms with Crippen LogP contribution in [0.3, 0.4) is 0 Å². The van der Waals surface area contributed by atoms with Gasteiger partial charge in [0.15, 0.2) is 5.17 Å². The van der Waals surface area contributed by atoms with E-state index >= 15 is 0 Å². The minimum Gasteiger partial charge on any atom is -0.496 e. The monoisotopic (exact) mass is 369 g/mol. The highest BCUT2D eigenvalue weighted by Gasteiger charge is 2.15. The summed E-state index contributed by atoms with van der Waals surface area (Å²) < 4.78 is 11.3. The standard InChI is InChI=1S/C19H19N3O3S/c1-13-5-3-4-6-16(13)25-11-15-9-14(7-8-17(15)24-2)10-20-22-19-21-18(23)12-26-19/h3-10H,11-12H2,1-2H3,(H,21,22,23). The molecule has 2 aromatic rings. The summed E-state index contributed by atoms with van der Waals surface area (Å²) in [6.45, 7) is 2.39. The Balaban J connectivity index is 1.72. The number of methoxy groups -OCH3 is 1. The van der Waals surface area contributed by atoms with Crippen LogP contribution in [0.2, 0.25) is 0 Å². The molecule has 0 radical (unpaired) electrons. The largest absolute Gasteiger partial charge is 0.496 e. The lowest BCUT2D eigenvalue weighted by Crippen LogP contribution is -2.19. The molecule has 134 valence electrons. The number of aryl methyl sites for hydroxylation is 1. The average molecular weight is 369 g/mol. The van der Waals surface area contributed by atoms with Gasteiger partial charge in [0, 0.05) is 5.56 Å². The Kier molecular flexibility index (Phi) is 5.91. The molecule has 1 aliphatic heterocycles. The Morgan fingerprint density at radius 3 is 2.81 bits per heavy atom. The summed E-state index contributed by atoms with van der Waals surface area (Å²) >= 11 is 1.34. The van der Waals surface area contributed by atoms with Gasteiger partial charge >= 0.3 is 0 Å². The van der Waals surface area contributed by atoms with Crippen LogP contribution in [0.25, 0.3) is 0 Å². The predicted octanol–water partition coefficient (Wildman–Crippen LogP) is 3.14. The number of thioether (sulfide) groups is 1. The smallest absolute Gasteiger partial charge is 0.236 e. The lowest BCUT2D eigenvalue weighted by molar-refractivity contribution is -0.116. The Bertz CT molecular complexity index is 865. The maximum atomic E-state index is 11.1. The van der Waals surface area contributed by atoms with E-state index in [2.05, 4.69) is 15.5 Å². The van der Waals surface area contributed by atoms with Crippen LogP contribution >= 0.6 is 11.8 Å². The minimum atomic E-state index is -0.0518. The SMILES string of the molecule is COc1ccc(C=NN=C2NC(=O)CS2)cc1COc1ccccc1C. The van der Waals surface area contributed by atoms with Gasteiger partial charge in [0.2, 0.25) is 5.91 Å². The maximum absolute atomic E-state index is 11.1. The summed E-state index contributed by atoms with van der Waals surface area (Å²) in [5, 5.41) is 11.2. The summed E-state index contributed by atoms with van der Waals surface area (Å²) in [4.78, 5) is 11.1. The first-order valence-corrected chi connectivity index (χ1v) is 9.03. The van der Waals surface area contributed by atoms with Gasteiger partial charge in [0.25, 0.3) is 0 Å². The van der Waals surface area contributed by atoms with E-state index in [4.69, 9.17) is 9.47 Å². The van der Waals surface area contributed by atoms with Gasteiger partial charge in [0.05, 0.1) is 19.1 Å². The molecule has 0 saturated carbocycles. The van der Waals surface area contributed by atoms with Crippen molar-refractivity contribution < 1.29 is 14.3 Å². The topological polar surface area (TPSA) is 72.3 Å². The van der Waals surface area contributed by atoms with Crippen molar-refractivity contribution in [3.05, 3.63) is 59.2 Å². The van der Waals surface area contributed by atoms with Crippen molar-refractivity contribution in [1.29, 1.82) is 0 Å². The number of carbonyl (C=O) groups excluding carboxylic acids is 1. The van der Waals surface area contributed by atoms with Gasteiger partial charge in [-0.2, -0.15) is 5.10 Å². The summed E-state index contributed by atoms with van der Waals surface area (Å²) in [6.07, 6.45) is 1.63. The Labute approximate surface area is 156 Å². The number of para-hydroxylation sites is 1. The number of amides is 1. The van der Waals surface area contributed by atoms with Crippen molar-refractivity contribution in [2.75, 3.05) is 12.9 Å². The molecule has 0 bridgehead atoms. The van der Waals surface area contributed by atoms with Crippen LogP contribution in [-0.4, -0.2) is 30.2 Å². The van der Waals surface area contributed by atoms with E-state index < -0.39 is 0 Å². The molecular weight excluding hydrogens is 350 g/mol. The van der Waals surface area contributed by atoms with Crippen LogP contribution in [0.4, 0.5) is 0 Å². The lowest BCUT2D eigenvalue weighted by atomic mass is 10.1. The number of benzene rings is 2. The van der Waals surface area contributed by atoms with Crippen LogP contribution in [0.5, 0.6) is 11.5 Å². The Morgan fingerprint density at radius 2 is 2.08 bits per heavy atom. The first-order chi connectivity index (χ1) is 12.7. The molecule has 0 aliphatic carbocycles. The van der Waals surface area contributed by atoms with E-state index in [1.165, 1.54) is 11.8 Å². The van der Waals surface area contributed by atoms with Gasteiger partial charge < -0.3 is 14.8 Å². The number of ether oxygens (including phenoxy) is 2. The van der Waals surface area contributed by atoms with E-state index in [1.807, 2.05) is 49.4 Å². The zero-order valence-corrected chi connectivity index (χ0v) is 15.4. The average Bonchev–Trinajstić information content (AvgIpc) is 3.06. The zero-order valence-electron chi connectivity index (χ0n) is 14.6. The number of rotatable bonds is 6. The van der Waals surface area contributed by atoms with Crippen LogP contribution in [0.15, 0.2) is 52.7 Å². The minimum absolute atomic E-state index is 0.0518. The number of nitrogens with zero attached hydrogens (tertiary/aromatic N) is 2. The molecule has 0 aromatic heterocycles. The van der Waals surface area contributed by atoms with Gasteiger partial charge in [-0.3, -0.25) is 4.79 Å². The number of nitrogens with one attached hydrogen (secondary N) is 1. The summed E-state index contributed by atoms with van der Waals surface area (Å²) in [7, 11) is 1.63. The van der Waals surface area contributed by atoms with Gasteiger partial charge in [-0.15, -0.1) is 5.10 Å². The summed E-state index contributed by atoms with van der Waals surface area (Å²) in [6, 6.07) is 13.6. The molecule has 1 saturated heterocycles. The molecule has 26 heavy (non-hydrogen) atoms. The molecule has 1 amide bonds. The van der Waals surface area contributed by atoms with Crippen LogP contribution in [-0.2, 0) is 11.4 Å². The third-order valence-electron chi connectivity index (χ3n) is 3.72. The summed E-state index contributed by atoms with van der Waals surface area (Å²) in [5.74, 6) is 1.93. The highest BCUT2D eigenvalue weighted by molar-refractivity contribution is 8.15. The van der Waals surface area contributed by atoms with Crippen molar-refractivity contribution >= 4 is 29.1 Å². The fourth-order valence-corrected chi connectivity index (χ4v) is 3.02. The van der Waals surface area contributed by atoms with Crippen molar-refractivity contribution in [1.82, 2.24) is 5.32 Å². The molecule has 3 rings (SSSR count). The fourth-order valence-electron chi connectivity index (χ4n) is 2.39. The van der Waals surface area contributed by atoms with E-state index in [9.17, 15) is 4.79 Å². The second-order valence-electron chi connectivity index (χ2n) is 5.61. The van der Waals surface area contributed by atoms with Gasteiger partial charge in [-0.25, -0.2) is 0 Å². The van der Waals surface area contributed by atoms with Crippen molar-refractivity contribution in [2.45, 2.75) is 13.5 Å². The highest BCUT2D eigenvalue weighted by Crippen LogP contribution is 2.23. The first kappa shape index (κ1) is 18.0. The van der Waals surface area contributed by atoms with E-state index in [0.29, 0.717) is 17.5 Å². The number of amidine groups is 1. The lowest BCUT2D eigenvalue weighted by Gasteiger charge is -2.12. The second-order valence-corrected chi connectivity index (χ2v) is 6.58. The molecule has 1 N–H and O–H groups in total. The first-order valence-electron chi connectivity index (χ1n) is 8.05. The fraction of sp³-hybridized carbons (Fsp3) is 0.211. The second kappa shape index (κ2) is 8.53. The van der Waals surface area contributed by atoms with E-state index in [0.717, 1.165) is 28.2 Å². The van der Waals surface area contributed by atoms with Crippen LogP contribution in [0, 0.1) is 6.92 Å². The normalized spacial score (nSPS) is 15.5. The molecule has 2 aromatic carbocycles. The number of carbonyl (C=O) groups is 1. The molecule has 6 nitrogen and oxygen atoms in total. The van der Waals surface area contributed by atoms with Crippen molar-refractivity contribution in [3.8, 4) is 11.5 Å². The van der Waals surface area contributed by atoms with Crippen LogP contribution < -0.4 is 14.8 Å². The van der Waals surface area contributed by atoms with Gasteiger partial charge in [-0.1, -0.05) is 30.0 Å². The van der Waals surface area contributed by atoms with Gasteiger partial charge in [-0.05, 0) is 42.3 Å². The van der Waals surface area contributed by atoms with Crippen LogP contribution in [0.1, 0.15) is 16.7 Å². The molecule has 7 heteroatoms. The highest BCUT2D eigenvalue weighted by atomic mass is 32.2. The number of hydrogen-bond acceptors (Lipinski definition) is 6. The Hall–Kier alpha value is -2.80. The quantitative estimate of drug-likeness (QED) is 0.627. The molecule has 0 unspecified atom stereocenters. The molecule has 0 spiro atoms. The van der Waals surface area contributed by atoms with E-state index in [1.54, 1.807) is 13.3 Å². The summed E-state index contributed by atoms with van der Waals surface area (Å²) in [5.41, 5.74) is 2.86. The van der Waals surface area contributed by atoms with E-state index in [-0.39, 0.29) is 5.91 Å². The molecule has 1 heterocycles. The molecule has 1 aliphatic rings. The van der Waals surface area contributed by atoms with Crippen molar-refractivity contribution in [3.63, 3.8) is 0 Å². The van der Waals surface area contributed by atoms with Gasteiger partial charge in [0.1, 0.15) is 18.1 Å². The third-order valence-corrected chi connectivity index (χ3v) is 4.59. The third kappa shape index (κ3) is 4.64. The maximum Gasteiger partial charge on any atom is 0.236 e. The van der Waals surface area contributed by atoms with Crippen molar-refractivity contribution in [2.24, 2.45) is 10.2 Å². The zero-order chi connectivity index (χ0) is 18.4. The predicted molar refractivity (Wildman–Crippen MR) is 104 cm³/mol. The molecule has 0 atom stereocenters. The molecule has 1 fully saturated rings.